The maximum absolute atomic E-state index is 10.1. The quantitative estimate of drug-likeness (QED) is 0.765. The van der Waals surface area contributed by atoms with E-state index in [9.17, 15) is 5.11 Å². The van der Waals surface area contributed by atoms with Gasteiger partial charge in [0.15, 0.2) is 0 Å². The van der Waals surface area contributed by atoms with Crippen LogP contribution in [-0.4, -0.2) is 5.11 Å². The van der Waals surface area contributed by atoms with E-state index < -0.39 is 0 Å². The van der Waals surface area contributed by atoms with Gasteiger partial charge in [0, 0.05) is 5.54 Å². The molecule has 3 N–H and O–H groups in total. The monoisotopic (exact) mass is 221 g/mol. The van der Waals surface area contributed by atoms with Crippen molar-refractivity contribution in [3.05, 3.63) is 28.8 Å². The third-order valence-corrected chi connectivity index (χ3v) is 2.85. The summed E-state index contributed by atoms with van der Waals surface area (Å²) in [5, 5.41) is 10.1. The van der Waals surface area contributed by atoms with Gasteiger partial charge in [0.05, 0.1) is 0 Å². The number of phenolic OH excluding ortho intramolecular Hbond substituents is 1. The zero-order valence-corrected chi connectivity index (χ0v) is 11.2. The Morgan fingerprint density at radius 1 is 1.06 bits per heavy atom. The normalized spacial score (nSPS) is 12.9. The summed E-state index contributed by atoms with van der Waals surface area (Å²) in [7, 11) is 0. The Labute approximate surface area is 98.5 Å². The van der Waals surface area contributed by atoms with Gasteiger partial charge in [0.1, 0.15) is 5.75 Å². The minimum absolute atomic E-state index is 0.0733. The molecule has 0 saturated heterocycles. The van der Waals surface area contributed by atoms with E-state index >= 15 is 0 Å². The third kappa shape index (κ3) is 2.56. The van der Waals surface area contributed by atoms with Crippen LogP contribution in [0.5, 0.6) is 5.75 Å². The Hall–Kier alpha value is -1.02. The smallest absolute Gasteiger partial charge is 0.122 e. The lowest BCUT2D eigenvalue weighted by molar-refractivity contribution is 0.440. The predicted molar refractivity (Wildman–Crippen MR) is 68.8 cm³/mol. The zero-order chi connectivity index (χ0) is 12.7. The van der Waals surface area contributed by atoms with Crippen LogP contribution in [0.15, 0.2) is 12.1 Å². The molecule has 0 amide bonds. The Morgan fingerprint density at radius 2 is 1.56 bits per heavy atom. The number of aromatic hydroxyl groups is 1. The van der Waals surface area contributed by atoms with E-state index in [1.807, 2.05) is 32.9 Å². The van der Waals surface area contributed by atoms with Crippen LogP contribution in [0.25, 0.3) is 0 Å². The highest BCUT2D eigenvalue weighted by Crippen LogP contribution is 2.36. The molecule has 0 atom stereocenters. The number of hydrogen-bond donors (Lipinski definition) is 2. The first-order valence-electron chi connectivity index (χ1n) is 5.67. The first-order chi connectivity index (χ1) is 7.03. The maximum atomic E-state index is 10.1. The largest absolute Gasteiger partial charge is 0.507 e. The number of hydrogen-bond acceptors (Lipinski definition) is 2. The molecule has 1 aromatic carbocycles. The van der Waals surface area contributed by atoms with Crippen molar-refractivity contribution in [2.45, 2.75) is 52.5 Å². The van der Waals surface area contributed by atoms with E-state index in [0.29, 0.717) is 5.75 Å². The van der Waals surface area contributed by atoms with Crippen molar-refractivity contribution in [2.24, 2.45) is 5.73 Å². The van der Waals surface area contributed by atoms with Crippen LogP contribution in [0.4, 0.5) is 0 Å². The molecule has 0 bridgehead atoms. The van der Waals surface area contributed by atoms with Gasteiger partial charge in [-0.1, -0.05) is 26.8 Å². The number of rotatable bonds is 1. The molecule has 90 valence electrons. The summed E-state index contributed by atoms with van der Waals surface area (Å²) in [5.41, 5.74) is 8.57. The maximum Gasteiger partial charge on any atom is 0.122 e. The van der Waals surface area contributed by atoms with Gasteiger partial charge in [-0.15, -0.1) is 0 Å². The molecular weight excluding hydrogens is 198 g/mol. The molecule has 16 heavy (non-hydrogen) atoms. The van der Waals surface area contributed by atoms with Gasteiger partial charge in [-0.3, -0.25) is 0 Å². The lowest BCUT2D eigenvalue weighted by Gasteiger charge is -2.26. The second-order valence-corrected chi connectivity index (χ2v) is 6.16. The number of benzene rings is 1. The van der Waals surface area contributed by atoms with E-state index in [1.165, 1.54) is 0 Å². The van der Waals surface area contributed by atoms with E-state index in [-0.39, 0.29) is 11.0 Å². The van der Waals surface area contributed by atoms with Crippen molar-refractivity contribution in [1.29, 1.82) is 0 Å². The standard InChI is InChI=1S/C14H23NO/c1-9-7-10(14(5,6)15)8-11(12(9)16)13(2,3)4/h7-8,16H,15H2,1-6H3. The number of nitrogens with two attached hydrogens (primary N) is 1. The summed E-state index contributed by atoms with van der Waals surface area (Å²) in [6.07, 6.45) is 0. The van der Waals surface area contributed by atoms with Gasteiger partial charge in [-0.25, -0.2) is 0 Å². The van der Waals surface area contributed by atoms with Crippen LogP contribution in [0.1, 0.15) is 51.3 Å². The van der Waals surface area contributed by atoms with Gasteiger partial charge in [0.2, 0.25) is 0 Å². The first-order valence-corrected chi connectivity index (χ1v) is 5.67. The summed E-state index contributed by atoms with van der Waals surface area (Å²) < 4.78 is 0. The highest BCUT2D eigenvalue weighted by atomic mass is 16.3. The summed E-state index contributed by atoms with van der Waals surface area (Å²) in [6, 6.07) is 3.98. The highest BCUT2D eigenvalue weighted by molar-refractivity contribution is 5.47. The second-order valence-electron chi connectivity index (χ2n) is 6.16. The molecule has 0 spiro atoms. The Kier molecular flexibility index (Phi) is 3.08. The van der Waals surface area contributed by atoms with E-state index in [4.69, 9.17) is 5.73 Å². The summed E-state index contributed by atoms with van der Waals surface area (Å²) in [5.74, 6) is 0.389. The molecule has 0 aliphatic carbocycles. The zero-order valence-electron chi connectivity index (χ0n) is 11.2. The molecule has 1 aromatic rings. The number of aryl methyl sites for hydroxylation is 1. The Bertz CT molecular complexity index is 394. The van der Waals surface area contributed by atoms with Crippen LogP contribution in [0.2, 0.25) is 0 Å². The average molecular weight is 221 g/mol. The molecule has 0 radical (unpaired) electrons. The predicted octanol–water partition coefficient (Wildman–Crippen LogP) is 3.19. The molecule has 2 heteroatoms. The van der Waals surface area contributed by atoms with Crippen LogP contribution in [0.3, 0.4) is 0 Å². The van der Waals surface area contributed by atoms with Gasteiger partial charge < -0.3 is 10.8 Å². The molecule has 0 saturated carbocycles. The molecule has 1 rings (SSSR count). The highest BCUT2D eigenvalue weighted by Gasteiger charge is 2.23. The third-order valence-electron chi connectivity index (χ3n) is 2.85. The fourth-order valence-corrected chi connectivity index (χ4v) is 1.72. The van der Waals surface area contributed by atoms with Crippen molar-refractivity contribution < 1.29 is 5.11 Å². The van der Waals surface area contributed by atoms with Crippen LogP contribution >= 0.6 is 0 Å². The Morgan fingerprint density at radius 3 is 1.94 bits per heavy atom. The molecular formula is C14H23NO. The van der Waals surface area contributed by atoms with Gasteiger partial charge in [-0.05, 0) is 48.9 Å². The fourth-order valence-electron chi connectivity index (χ4n) is 1.72. The number of phenols is 1. The van der Waals surface area contributed by atoms with E-state index in [2.05, 4.69) is 20.8 Å². The lowest BCUT2D eigenvalue weighted by atomic mass is 9.81. The Balaban J connectivity index is 3.46. The van der Waals surface area contributed by atoms with Crippen LogP contribution in [0, 0.1) is 6.92 Å². The molecule has 0 aliphatic rings. The van der Waals surface area contributed by atoms with Crippen LogP contribution < -0.4 is 5.73 Å². The molecule has 0 aliphatic heterocycles. The second kappa shape index (κ2) is 3.77. The molecule has 0 unspecified atom stereocenters. The topological polar surface area (TPSA) is 46.2 Å². The van der Waals surface area contributed by atoms with Crippen molar-refractivity contribution >= 4 is 0 Å². The van der Waals surface area contributed by atoms with Gasteiger partial charge in [0.25, 0.3) is 0 Å². The van der Waals surface area contributed by atoms with Crippen molar-refractivity contribution in [3.63, 3.8) is 0 Å². The average Bonchev–Trinajstić information content (AvgIpc) is 2.05. The molecule has 2 nitrogen and oxygen atoms in total. The molecule has 0 heterocycles. The van der Waals surface area contributed by atoms with E-state index in [0.717, 1.165) is 16.7 Å². The SMILES string of the molecule is Cc1cc(C(C)(C)N)cc(C(C)(C)C)c1O. The van der Waals surface area contributed by atoms with Crippen molar-refractivity contribution in [1.82, 2.24) is 0 Å². The van der Waals surface area contributed by atoms with Crippen molar-refractivity contribution in [2.75, 3.05) is 0 Å². The van der Waals surface area contributed by atoms with E-state index in [1.54, 1.807) is 0 Å². The summed E-state index contributed by atoms with van der Waals surface area (Å²) >= 11 is 0. The minimum atomic E-state index is -0.377. The summed E-state index contributed by atoms with van der Waals surface area (Å²) in [4.78, 5) is 0. The summed E-state index contributed by atoms with van der Waals surface area (Å²) in [6.45, 7) is 12.1. The fraction of sp³-hybridized carbons (Fsp3) is 0.571. The van der Waals surface area contributed by atoms with Gasteiger partial charge >= 0.3 is 0 Å². The van der Waals surface area contributed by atoms with Gasteiger partial charge in [-0.2, -0.15) is 0 Å². The molecule has 0 aromatic heterocycles. The van der Waals surface area contributed by atoms with Crippen LogP contribution in [-0.2, 0) is 11.0 Å². The lowest BCUT2D eigenvalue weighted by Crippen LogP contribution is -2.29. The van der Waals surface area contributed by atoms with Crippen molar-refractivity contribution in [3.8, 4) is 5.75 Å². The molecule has 0 fully saturated rings. The minimum Gasteiger partial charge on any atom is -0.507 e. The first kappa shape index (κ1) is 13.0.